The summed E-state index contributed by atoms with van der Waals surface area (Å²) in [7, 11) is -3.28. The molecule has 1 saturated heterocycles. The number of carbonyl (C=O) groups is 1. The van der Waals surface area contributed by atoms with Crippen molar-refractivity contribution in [3.63, 3.8) is 0 Å². The van der Waals surface area contributed by atoms with E-state index in [-0.39, 0.29) is 24.7 Å². The zero-order valence-corrected chi connectivity index (χ0v) is 15.4. The Balaban J connectivity index is 1.49. The summed E-state index contributed by atoms with van der Waals surface area (Å²) in [5, 5.41) is -0.491. The molecule has 0 spiro atoms. The minimum atomic E-state index is -3.28. The average molecular weight is 412 g/mol. The summed E-state index contributed by atoms with van der Waals surface area (Å²) in [6.45, 7) is 0.551. The average Bonchev–Trinajstić information content (AvgIpc) is 2.96. The summed E-state index contributed by atoms with van der Waals surface area (Å²) < 4.78 is 30.6. The van der Waals surface area contributed by atoms with Crippen molar-refractivity contribution in [2.24, 2.45) is 0 Å². The van der Waals surface area contributed by atoms with Gasteiger partial charge in [0.05, 0.1) is 11.5 Å². The Morgan fingerprint density at radius 2 is 1.96 bits per heavy atom. The third-order valence-corrected chi connectivity index (χ3v) is 6.97. The van der Waals surface area contributed by atoms with Gasteiger partial charge in [0.2, 0.25) is 5.91 Å². The van der Waals surface area contributed by atoms with E-state index in [1.807, 2.05) is 24.3 Å². The minimum absolute atomic E-state index is 0.00444. The smallest absolute Gasteiger partial charge is 0.222 e. The molecule has 7 heteroatoms. The van der Waals surface area contributed by atoms with Crippen LogP contribution in [0.4, 0.5) is 0 Å². The molecule has 0 atom stereocenters. The number of sulfone groups is 1. The molecule has 2 heterocycles. The molecule has 0 unspecified atom stereocenters. The fourth-order valence-corrected chi connectivity index (χ4v) is 4.77. The highest BCUT2D eigenvalue weighted by Gasteiger charge is 2.39. The topological polar surface area (TPSA) is 67.6 Å². The van der Waals surface area contributed by atoms with Gasteiger partial charge in [-0.05, 0) is 30.2 Å². The van der Waals surface area contributed by atoms with E-state index in [9.17, 15) is 13.2 Å². The van der Waals surface area contributed by atoms with Crippen LogP contribution < -0.4 is 0 Å². The van der Waals surface area contributed by atoms with Gasteiger partial charge in [0.25, 0.3) is 0 Å². The molecule has 0 bridgehead atoms. The molecule has 2 aromatic rings. The zero-order valence-electron chi connectivity index (χ0n) is 13.0. The van der Waals surface area contributed by atoms with Gasteiger partial charge in [-0.2, -0.15) is 0 Å². The predicted molar refractivity (Wildman–Crippen MR) is 94.2 cm³/mol. The first-order chi connectivity index (χ1) is 11.5. The molecule has 0 saturated carbocycles. The maximum Gasteiger partial charge on any atom is 0.222 e. The van der Waals surface area contributed by atoms with E-state index in [0.717, 1.165) is 10.0 Å². The lowest BCUT2D eigenvalue weighted by atomic mass is 10.1. The van der Waals surface area contributed by atoms with E-state index in [0.29, 0.717) is 18.6 Å². The molecule has 5 nitrogen and oxygen atoms in total. The highest BCUT2D eigenvalue weighted by atomic mass is 79.9. The Kier molecular flexibility index (Phi) is 5.10. The van der Waals surface area contributed by atoms with Gasteiger partial charge in [-0.3, -0.25) is 4.79 Å². The molecular formula is C17H18BrNO4S. The molecular weight excluding hydrogens is 394 g/mol. The van der Waals surface area contributed by atoms with Gasteiger partial charge in [0, 0.05) is 24.0 Å². The van der Waals surface area contributed by atoms with Gasteiger partial charge in [0.1, 0.15) is 11.5 Å². The van der Waals surface area contributed by atoms with Crippen LogP contribution >= 0.6 is 15.9 Å². The van der Waals surface area contributed by atoms with Gasteiger partial charge in [-0.15, -0.1) is 0 Å². The van der Waals surface area contributed by atoms with Crippen molar-refractivity contribution in [2.75, 3.05) is 13.1 Å². The van der Waals surface area contributed by atoms with Crippen LogP contribution in [0.25, 0.3) is 0 Å². The zero-order chi connectivity index (χ0) is 17.2. The van der Waals surface area contributed by atoms with Crippen LogP contribution in [-0.4, -0.2) is 37.6 Å². The van der Waals surface area contributed by atoms with Gasteiger partial charge >= 0.3 is 0 Å². The van der Waals surface area contributed by atoms with Crippen molar-refractivity contribution in [2.45, 2.75) is 23.8 Å². The summed E-state index contributed by atoms with van der Waals surface area (Å²) >= 11 is 3.47. The lowest BCUT2D eigenvalue weighted by Gasteiger charge is -2.38. The van der Waals surface area contributed by atoms with Crippen LogP contribution in [0.15, 0.2) is 51.6 Å². The van der Waals surface area contributed by atoms with Gasteiger partial charge in [-0.25, -0.2) is 8.42 Å². The van der Waals surface area contributed by atoms with Crippen LogP contribution in [0.1, 0.15) is 17.7 Å². The van der Waals surface area contributed by atoms with Crippen molar-refractivity contribution in [3.8, 4) is 0 Å². The number of furan rings is 1. The number of aryl methyl sites for hydroxylation is 1. The van der Waals surface area contributed by atoms with Crippen molar-refractivity contribution in [1.29, 1.82) is 0 Å². The molecule has 0 radical (unpaired) electrons. The number of carbonyl (C=O) groups excluding carboxylic acids is 1. The third-order valence-electron chi connectivity index (χ3n) is 4.20. The maximum absolute atomic E-state index is 12.3. The maximum atomic E-state index is 12.3. The molecule has 1 fully saturated rings. The van der Waals surface area contributed by atoms with Gasteiger partial charge < -0.3 is 9.32 Å². The second-order valence-electron chi connectivity index (χ2n) is 5.90. The Labute approximate surface area is 149 Å². The minimum Gasteiger partial charge on any atom is -0.468 e. The lowest BCUT2D eigenvalue weighted by molar-refractivity contribution is -0.134. The largest absolute Gasteiger partial charge is 0.468 e. The molecule has 1 amide bonds. The summed E-state index contributed by atoms with van der Waals surface area (Å²) in [5.41, 5.74) is 1.08. The molecule has 24 heavy (non-hydrogen) atoms. The number of nitrogens with zero attached hydrogens (tertiary/aromatic N) is 1. The number of likely N-dealkylation sites (tertiary alicyclic amines) is 1. The first kappa shape index (κ1) is 17.2. The number of rotatable bonds is 6. The van der Waals surface area contributed by atoms with Crippen LogP contribution in [-0.2, 0) is 26.8 Å². The molecule has 0 aliphatic carbocycles. The highest BCUT2D eigenvalue weighted by molar-refractivity contribution is 9.10. The second-order valence-corrected chi connectivity index (χ2v) is 9.03. The van der Waals surface area contributed by atoms with Gasteiger partial charge in [-0.1, -0.05) is 34.1 Å². The summed E-state index contributed by atoms with van der Waals surface area (Å²) in [5.74, 6) is 0.327. The van der Waals surface area contributed by atoms with E-state index in [4.69, 9.17) is 4.42 Å². The highest BCUT2D eigenvalue weighted by Crippen LogP contribution is 2.23. The number of benzene rings is 1. The normalized spacial score (nSPS) is 15.3. The van der Waals surface area contributed by atoms with E-state index in [1.165, 1.54) is 6.26 Å². The Bertz CT molecular complexity index is 811. The number of amides is 1. The lowest BCUT2D eigenvalue weighted by Crippen LogP contribution is -2.57. The van der Waals surface area contributed by atoms with Gasteiger partial charge in [0.15, 0.2) is 9.84 Å². The van der Waals surface area contributed by atoms with E-state index < -0.39 is 15.1 Å². The van der Waals surface area contributed by atoms with Crippen molar-refractivity contribution in [3.05, 3.63) is 58.5 Å². The summed E-state index contributed by atoms with van der Waals surface area (Å²) in [6.07, 6.45) is 2.48. The third kappa shape index (κ3) is 3.89. The quantitative estimate of drug-likeness (QED) is 0.732. The van der Waals surface area contributed by atoms with Crippen LogP contribution in [0.3, 0.4) is 0 Å². The van der Waals surface area contributed by atoms with E-state index in [2.05, 4.69) is 15.9 Å². The molecule has 0 N–H and O–H groups in total. The van der Waals surface area contributed by atoms with Crippen molar-refractivity contribution >= 4 is 31.7 Å². The summed E-state index contributed by atoms with van der Waals surface area (Å²) in [6, 6.07) is 11.1. The molecule has 1 aliphatic heterocycles. The SMILES string of the molecule is O=C(CCc1ccccc1Br)N1CC(S(=O)(=O)Cc2ccco2)C1. The van der Waals surface area contributed by atoms with E-state index in [1.54, 1.807) is 17.0 Å². The van der Waals surface area contributed by atoms with E-state index >= 15 is 0 Å². The monoisotopic (exact) mass is 411 g/mol. The molecule has 3 rings (SSSR count). The molecule has 128 valence electrons. The molecule has 1 aliphatic rings. The van der Waals surface area contributed by atoms with Crippen molar-refractivity contribution < 1.29 is 17.6 Å². The van der Waals surface area contributed by atoms with Crippen molar-refractivity contribution in [1.82, 2.24) is 4.90 Å². The first-order valence-electron chi connectivity index (χ1n) is 7.71. The first-order valence-corrected chi connectivity index (χ1v) is 10.2. The fraction of sp³-hybridized carbons (Fsp3) is 0.353. The van der Waals surface area contributed by atoms with Crippen LogP contribution in [0.2, 0.25) is 0 Å². The number of hydrogen-bond acceptors (Lipinski definition) is 4. The summed E-state index contributed by atoms with van der Waals surface area (Å²) in [4.78, 5) is 13.8. The van der Waals surface area contributed by atoms with Crippen LogP contribution in [0, 0.1) is 0 Å². The fourth-order valence-electron chi connectivity index (χ4n) is 2.68. The standard InChI is InChI=1S/C17H18BrNO4S/c18-16-6-2-1-4-13(16)7-8-17(20)19-10-15(11-19)24(21,22)12-14-5-3-9-23-14/h1-6,9,15H,7-8,10-12H2. The Morgan fingerprint density at radius 3 is 2.62 bits per heavy atom. The number of halogens is 1. The predicted octanol–water partition coefficient (Wildman–Crippen LogP) is 2.80. The van der Waals surface area contributed by atoms with Crippen LogP contribution in [0.5, 0.6) is 0 Å². The number of hydrogen-bond donors (Lipinski definition) is 0. The Hall–Kier alpha value is -1.60. The molecule has 1 aromatic heterocycles. The molecule has 1 aromatic carbocycles. The Morgan fingerprint density at radius 1 is 1.21 bits per heavy atom. The second kappa shape index (κ2) is 7.11.